The molecule has 0 fully saturated rings. The van der Waals surface area contributed by atoms with Gasteiger partial charge in [0.25, 0.3) is 0 Å². The SMILES string of the molecule is CCC(CC)(CN)C(=O)Nc1ccccc1C(F)(F)F. The molecule has 1 rings (SSSR count). The van der Waals surface area contributed by atoms with Gasteiger partial charge < -0.3 is 11.1 Å². The minimum absolute atomic E-state index is 0.0972. The van der Waals surface area contributed by atoms with Crippen molar-refractivity contribution in [3.05, 3.63) is 29.8 Å². The van der Waals surface area contributed by atoms with Crippen LogP contribution < -0.4 is 11.1 Å². The molecule has 0 bridgehead atoms. The van der Waals surface area contributed by atoms with Crippen LogP contribution in [0, 0.1) is 5.41 Å². The minimum Gasteiger partial charge on any atom is -0.329 e. The maximum atomic E-state index is 12.9. The zero-order valence-electron chi connectivity index (χ0n) is 11.6. The molecule has 0 saturated carbocycles. The maximum absolute atomic E-state index is 12.9. The first-order chi connectivity index (χ1) is 9.30. The van der Waals surface area contributed by atoms with Crippen LogP contribution in [-0.2, 0) is 11.0 Å². The van der Waals surface area contributed by atoms with Crippen molar-refractivity contribution in [2.24, 2.45) is 11.1 Å². The van der Waals surface area contributed by atoms with Gasteiger partial charge in [-0.25, -0.2) is 0 Å². The fraction of sp³-hybridized carbons (Fsp3) is 0.500. The van der Waals surface area contributed by atoms with E-state index in [0.29, 0.717) is 12.8 Å². The van der Waals surface area contributed by atoms with E-state index in [0.717, 1.165) is 6.07 Å². The lowest BCUT2D eigenvalue weighted by Crippen LogP contribution is -2.41. The number of amides is 1. The van der Waals surface area contributed by atoms with Gasteiger partial charge in [-0.1, -0.05) is 26.0 Å². The molecule has 6 heteroatoms. The van der Waals surface area contributed by atoms with E-state index in [-0.39, 0.29) is 12.2 Å². The molecule has 1 aromatic rings. The van der Waals surface area contributed by atoms with Gasteiger partial charge in [-0.2, -0.15) is 13.2 Å². The quantitative estimate of drug-likeness (QED) is 0.872. The van der Waals surface area contributed by atoms with E-state index in [1.54, 1.807) is 13.8 Å². The molecular formula is C14H19F3N2O. The number of rotatable bonds is 5. The van der Waals surface area contributed by atoms with Gasteiger partial charge in [0.1, 0.15) is 0 Å². The smallest absolute Gasteiger partial charge is 0.329 e. The van der Waals surface area contributed by atoms with Gasteiger partial charge in [-0.15, -0.1) is 0 Å². The van der Waals surface area contributed by atoms with E-state index in [1.165, 1.54) is 18.2 Å². The Bertz CT molecular complexity index is 459. The molecule has 0 aliphatic carbocycles. The van der Waals surface area contributed by atoms with Crippen LogP contribution in [0.4, 0.5) is 18.9 Å². The summed E-state index contributed by atoms with van der Waals surface area (Å²) < 4.78 is 38.6. The van der Waals surface area contributed by atoms with E-state index >= 15 is 0 Å². The summed E-state index contributed by atoms with van der Waals surface area (Å²) in [6.45, 7) is 3.69. The topological polar surface area (TPSA) is 55.1 Å². The normalized spacial score (nSPS) is 12.3. The van der Waals surface area contributed by atoms with Gasteiger partial charge in [0.2, 0.25) is 5.91 Å². The molecule has 0 aliphatic rings. The van der Waals surface area contributed by atoms with Gasteiger partial charge in [0, 0.05) is 6.54 Å². The molecule has 1 aromatic carbocycles. The molecule has 0 spiro atoms. The summed E-state index contributed by atoms with van der Waals surface area (Å²) in [5, 5.41) is 2.37. The standard InChI is InChI=1S/C14H19F3N2O/c1-3-13(4-2,9-18)12(20)19-11-8-6-5-7-10(11)14(15,16)17/h5-8H,3-4,9,18H2,1-2H3,(H,19,20). The van der Waals surface area contributed by atoms with Gasteiger partial charge in [0.05, 0.1) is 16.7 Å². The largest absolute Gasteiger partial charge is 0.418 e. The van der Waals surface area contributed by atoms with Crippen LogP contribution in [0.1, 0.15) is 32.3 Å². The molecule has 0 unspecified atom stereocenters. The van der Waals surface area contributed by atoms with Crippen molar-refractivity contribution in [3.63, 3.8) is 0 Å². The maximum Gasteiger partial charge on any atom is 0.418 e. The van der Waals surface area contributed by atoms with Gasteiger partial charge in [-0.3, -0.25) is 4.79 Å². The van der Waals surface area contributed by atoms with Crippen molar-refractivity contribution in [3.8, 4) is 0 Å². The lowest BCUT2D eigenvalue weighted by Gasteiger charge is -2.29. The number of carbonyl (C=O) groups is 1. The number of hydrogen-bond donors (Lipinski definition) is 2. The van der Waals surface area contributed by atoms with E-state index in [2.05, 4.69) is 5.32 Å². The lowest BCUT2D eigenvalue weighted by atomic mass is 9.81. The van der Waals surface area contributed by atoms with Crippen molar-refractivity contribution >= 4 is 11.6 Å². The van der Waals surface area contributed by atoms with Crippen LogP contribution in [0.3, 0.4) is 0 Å². The summed E-state index contributed by atoms with van der Waals surface area (Å²) in [5.41, 5.74) is 3.70. The number of anilines is 1. The summed E-state index contributed by atoms with van der Waals surface area (Å²) in [7, 11) is 0. The molecule has 0 aliphatic heterocycles. The number of halogens is 3. The third kappa shape index (κ3) is 3.30. The van der Waals surface area contributed by atoms with Crippen LogP contribution in [-0.4, -0.2) is 12.5 Å². The Balaban J connectivity index is 3.08. The summed E-state index contributed by atoms with van der Waals surface area (Å²) in [5.74, 6) is -0.471. The zero-order chi connectivity index (χ0) is 15.4. The molecule has 0 atom stereocenters. The second-order valence-electron chi connectivity index (χ2n) is 4.69. The number of carbonyl (C=O) groups excluding carboxylic acids is 1. The average Bonchev–Trinajstić information content (AvgIpc) is 2.41. The highest BCUT2D eigenvalue weighted by molar-refractivity contribution is 5.96. The Morgan fingerprint density at radius 3 is 2.20 bits per heavy atom. The summed E-state index contributed by atoms with van der Waals surface area (Å²) in [6, 6.07) is 4.92. The highest BCUT2D eigenvalue weighted by atomic mass is 19.4. The van der Waals surface area contributed by atoms with E-state index in [4.69, 9.17) is 5.73 Å². The second-order valence-corrected chi connectivity index (χ2v) is 4.69. The third-order valence-corrected chi connectivity index (χ3v) is 3.71. The molecule has 0 heterocycles. The highest BCUT2D eigenvalue weighted by Gasteiger charge is 2.37. The van der Waals surface area contributed by atoms with E-state index in [1.807, 2.05) is 0 Å². The molecule has 1 amide bonds. The Morgan fingerprint density at radius 1 is 1.20 bits per heavy atom. The third-order valence-electron chi connectivity index (χ3n) is 3.71. The number of benzene rings is 1. The number of para-hydroxylation sites is 1. The average molecular weight is 288 g/mol. The van der Waals surface area contributed by atoms with Crippen LogP contribution >= 0.6 is 0 Å². The van der Waals surface area contributed by atoms with Crippen LogP contribution in [0.15, 0.2) is 24.3 Å². The Labute approximate surface area is 116 Å². The first kappa shape index (κ1) is 16.5. The molecule has 20 heavy (non-hydrogen) atoms. The van der Waals surface area contributed by atoms with Gasteiger partial charge in [0.15, 0.2) is 0 Å². The van der Waals surface area contributed by atoms with Crippen molar-refractivity contribution < 1.29 is 18.0 Å². The monoisotopic (exact) mass is 288 g/mol. The lowest BCUT2D eigenvalue weighted by molar-refractivity contribution is -0.137. The summed E-state index contributed by atoms with van der Waals surface area (Å²) >= 11 is 0. The van der Waals surface area contributed by atoms with Gasteiger partial charge in [-0.05, 0) is 25.0 Å². The predicted octanol–water partition coefficient (Wildman–Crippen LogP) is 3.41. The van der Waals surface area contributed by atoms with Crippen LogP contribution in [0.25, 0.3) is 0 Å². The minimum atomic E-state index is -4.51. The number of nitrogens with two attached hydrogens (primary N) is 1. The van der Waals surface area contributed by atoms with Crippen molar-refractivity contribution in [2.45, 2.75) is 32.9 Å². The molecule has 3 N–H and O–H groups in total. The van der Waals surface area contributed by atoms with E-state index in [9.17, 15) is 18.0 Å². The number of hydrogen-bond acceptors (Lipinski definition) is 2. The van der Waals surface area contributed by atoms with Crippen molar-refractivity contribution in [2.75, 3.05) is 11.9 Å². The molecule has 112 valence electrons. The summed E-state index contributed by atoms with van der Waals surface area (Å²) in [6.07, 6.45) is -3.56. The predicted molar refractivity (Wildman–Crippen MR) is 72.1 cm³/mol. The van der Waals surface area contributed by atoms with Gasteiger partial charge >= 0.3 is 6.18 Å². The summed E-state index contributed by atoms with van der Waals surface area (Å²) in [4.78, 5) is 12.2. The Kier molecular flexibility index (Phi) is 5.16. The first-order valence-electron chi connectivity index (χ1n) is 6.48. The van der Waals surface area contributed by atoms with Crippen molar-refractivity contribution in [1.82, 2.24) is 0 Å². The first-order valence-corrected chi connectivity index (χ1v) is 6.48. The highest BCUT2D eigenvalue weighted by Crippen LogP contribution is 2.36. The molecule has 0 saturated heterocycles. The fourth-order valence-corrected chi connectivity index (χ4v) is 2.05. The molecule has 3 nitrogen and oxygen atoms in total. The second kappa shape index (κ2) is 6.26. The number of alkyl halides is 3. The van der Waals surface area contributed by atoms with Crippen molar-refractivity contribution in [1.29, 1.82) is 0 Å². The van der Waals surface area contributed by atoms with E-state index < -0.39 is 23.1 Å². The Morgan fingerprint density at radius 2 is 1.75 bits per heavy atom. The molecular weight excluding hydrogens is 269 g/mol. The number of nitrogens with one attached hydrogen (secondary N) is 1. The van der Waals surface area contributed by atoms with Crippen LogP contribution in [0.5, 0.6) is 0 Å². The van der Waals surface area contributed by atoms with Crippen LogP contribution in [0.2, 0.25) is 0 Å². The zero-order valence-corrected chi connectivity index (χ0v) is 11.6. The fourth-order valence-electron chi connectivity index (χ4n) is 2.05. The molecule has 0 aromatic heterocycles. The molecule has 0 radical (unpaired) electrons. The Hall–Kier alpha value is -1.56.